The predicted molar refractivity (Wildman–Crippen MR) is 82.9 cm³/mol. The van der Waals surface area contributed by atoms with Gasteiger partial charge in [-0.25, -0.2) is 9.48 Å². The maximum atomic E-state index is 12.1. The van der Waals surface area contributed by atoms with E-state index < -0.39 is 0 Å². The zero-order valence-electron chi connectivity index (χ0n) is 12.4. The number of rotatable bonds is 3. The van der Waals surface area contributed by atoms with E-state index in [-0.39, 0.29) is 12.0 Å². The standard InChI is InChI=1S/C16H16N4O2/c1-11-14(15(21)22-2)13(20-16(19-11)17-10-18-20)9-8-12-6-4-3-5-7-12/h3-10,13H,1-2H3,(H,17,18,19)/b9-8+/t13-/m0/s1. The number of ether oxygens (including phenoxy) is 1. The minimum absolute atomic E-state index is 0.355. The number of nitrogens with zero attached hydrogens (tertiary/aromatic N) is 3. The van der Waals surface area contributed by atoms with Crippen LogP contribution in [0.3, 0.4) is 0 Å². The van der Waals surface area contributed by atoms with Gasteiger partial charge in [-0.3, -0.25) is 0 Å². The second-order valence-electron chi connectivity index (χ2n) is 4.90. The Balaban J connectivity index is 2.02. The van der Waals surface area contributed by atoms with Crippen molar-refractivity contribution in [3.8, 4) is 0 Å². The molecular formula is C16H16N4O2. The second-order valence-corrected chi connectivity index (χ2v) is 4.90. The molecule has 0 aliphatic carbocycles. The van der Waals surface area contributed by atoms with Gasteiger partial charge in [0.25, 0.3) is 0 Å². The lowest BCUT2D eigenvalue weighted by Gasteiger charge is -2.25. The molecule has 1 aromatic carbocycles. The molecule has 1 aliphatic rings. The summed E-state index contributed by atoms with van der Waals surface area (Å²) in [6.45, 7) is 1.83. The molecule has 0 spiro atoms. The van der Waals surface area contributed by atoms with Crippen molar-refractivity contribution in [2.75, 3.05) is 12.4 Å². The van der Waals surface area contributed by atoms with Gasteiger partial charge in [0.05, 0.1) is 12.7 Å². The Bertz CT molecular complexity index is 747. The second kappa shape index (κ2) is 5.85. The summed E-state index contributed by atoms with van der Waals surface area (Å²) in [4.78, 5) is 16.3. The van der Waals surface area contributed by atoms with E-state index >= 15 is 0 Å². The van der Waals surface area contributed by atoms with Crippen molar-refractivity contribution >= 4 is 18.0 Å². The minimum Gasteiger partial charge on any atom is -0.466 e. The summed E-state index contributed by atoms with van der Waals surface area (Å²) in [7, 11) is 1.37. The van der Waals surface area contributed by atoms with Crippen LogP contribution in [-0.2, 0) is 9.53 Å². The van der Waals surface area contributed by atoms with Gasteiger partial charge in [0.15, 0.2) is 0 Å². The van der Waals surface area contributed by atoms with Crippen LogP contribution in [0.2, 0.25) is 0 Å². The van der Waals surface area contributed by atoms with Crippen LogP contribution in [0.25, 0.3) is 6.08 Å². The number of carbonyl (C=O) groups is 1. The van der Waals surface area contributed by atoms with Gasteiger partial charge in [0.2, 0.25) is 5.95 Å². The lowest BCUT2D eigenvalue weighted by molar-refractivity contribution is -0.136. The summed E-state index contributed by atoms with van der Waals surface area (Å²) < 4.78 is 6.57. The van der Waals surface area contributed by atoms with Crippen molar-refractivity contribution in [1.82, 2.24) is 14.8 Å². The normalized spacial score (nSPS) is 17.3. The van der Waals surface area contributed by atoms with Crippen LogP contribution >= 0.6 is 0 Å². The summed E-state index contributed by atoms with van der Waals surface area (Å²) in [6, 6.07) is 9.52. The number of benzene rings is 1. The van der Waals surface area contributed by atoms with E-state index in [9.17, 15) is 4.79 Å². The third kappa shape index (κ3) is 2.50. The number of allylic oxidation sites excluding steroid dienone is 2. The van der Waals surface area contributed by atoms with Gasteiger partial charge < -0.3 is 10.1 Å². The first-order valence-corrected chi connectivity index (χ1v) is 6.89. The highest BCUT2D eigenvalue weighted by Gasteiger charge is 2.30. The van der Waals surface area contributed by atoms with Gasteiger partial charge in [-0.05, 0) is 12.5 Å². The minimum atomic E-state index is -0.381. The van der Waals surface area contributed by atoms with Gasteiger partial charge in [-0.15, -0.1) is 0 Å². The first-order valence-electron chi connectivity index (χ1n) is 6.89. The van der Waals surface area contributed by atoms with Gasteiger partial charge in [-0.2, -0.15) is 10.1 Å². The van der Waals surface area contributed by atoms with Crippen LogP contribution in [0.4, 0.5) is 5.95 Å². The molecule has 22 heavy (non-hydrogen) atoms. The van der Waals surface area contributed by atoms with Crippen molar-refractivity contribution in [2.45, 2.75) is 13.0 Å². The fraction of sp³-hybridized carbons (Fsp3) is 0.188. The van der Waals surface area contributed by atoms with Gasteiger partial charge in [-0.1, -0.05) is 42.5 Å². The molecule has 3 rings (SSSR count). The van der Waals surface area contributed by atoms with E-state index in [0.717, 1.165) is 11.3 Å². The number of nitrogens with one attached hydrogen (secondary N) is 1. The zero-order valence-corrected chi connectivity index (χ0v) is 12.4. The Morgan fingerprint density at radius 3 is 2.86 bits per heavy atom. The first kappa shape index (κ1) is 14.1. The van der Waals surface area contributed by atoms with E-state index in [1.807, 2.05) is 49.4 Å². The SMILES string of the molecule is COC(=O)C1=C(C)Nc2ncnn2[C@H]1/C=C/c1ccccc1. The molecule has 1 N–H and O–H groups in total. The van der Waals surface area contributed by atoms with Crippen LogP contribution in [0.5, 0.6) is 0 Å². The van der Waals surface area contributed by atoms with Crippen molar-refractivity contribution in [3.63, 3.8) is 0 Å². The Kier molecular flexibility index (Phi) is 3.74. The van der Waals surface area contributed by atoms with Gasteiger partial charge >= 0.3 is 5.97 Å². The number of carbonyl (C=O) groups excluding carboxylic acids is 1. The molecule has 112 valence electrons. The summed E-state index contributed by atoms with van der Waals surface area (Å²) in [5.41, 5.74) is 2.28. The molecule has 0 bridgehead atoms. The average Bonchev–Trinajstić information content (AvgIpc) is 3.00. The van der Waals surface area contributed by atoms with E-state index in [0.29, 0.717) is 11.5 Å². The lowest BCUT2D eigenvalue weighted by atomic mass is 10.0. The maximum absolute atomic E-state index is 12.1. The molecular weight excluding hydrogens is 280 g/mol. The molecule has 6 nitrogen and oxygen atoms in total. The van der Waals surface area contributed by atoms with Crippen LogP contribution < -0.4 is 5.32 Å². The molecule has 1 aromatic heterocycles. The number of methoxy groups -OCH3 is 1. The molecule has 1 aliphatic heterocycles. The monoisotopic (exact) mass is 296 g/mol. The summed E-state index contributed by atoms with van der Waals surface area (Å²) in [6.07, 6.45) is 5.33. The van der Waals surface area contributed by atoms with E-state index in [4.69, 9.17) is 4.74 Å². The van der Waals surface area contributed by atoms with Crippen LogP contribution in [0.1, 0.15) is 18.5 Å². The molecule has 2 aromatic rings. The highest BCUT2D eigenvalue weighted by molar-refractivity contribution is 5.92. The number of esters is 1. The fourth-order valence-corrected chi connectivity index (χ4v) is 2.45. The molecule has 0 amide bonds. The number of hydrogen-bond donors (Lipinski definition) is 1. The summed E-state index contributed by atoms with van der Waals surface area (Å²) >= 11 is 0. The summed E-state index contributed by atoms with van der Waals surface area (Å²) in [5, 5.41) is 7.27. The van der Waals surface area contributed by atoms with Crippen molar-refractivity contribution in [1.29, 1.82) is 0 Å². The number of hydrogen-bond acceptors (Lipinski definition) is 5. The highest BCUT2D eigenvalue weighted by Crippen LogP contribution is 2.31. The largest absolute Gasteiger partial charge is 0.466 e. The smallest absolute Gasteiger partial charge is 0.338 e. The molecule has 0 saturated heterocycles. The Labute approximate surface area is 128 Å². The van der Waals surface area contributed by atoms with Gasteiger partial charge in [0.1, 0.15) is 12.4 Å². The highest BCUT2D eigenvalue weighted by atomic mass is 16.5. The quantitative estimate of drug-likeness (QED) is 0.881. The van der Waals surface area contributed by atoms with Crippen LogP contribution in [0, 0.1) is 0 Å². The van der Waals surface area contributed by atoms with Crippen molar-refractivity contribution < 1.29 is 9.53 Å². The average molecular weight is 296 g/mol. The summed E-state index contributed by atoms with van der Waals surface area (Å²) in [5.74, 6) is 0.224. The number of aromatic nitrogens is 3. The molecule has 0 fully saturated rings. The van der Waals surface area contributed by atoms with E-state index in [2.05, 4.69) is 15.4 Å². The Morgan fingerprint density at radius 1 is 1.36 bits per heavy atom. The number of fused-ring (bicyclic) bond motifs is 1. The maximum Gasteiger partial charge on any atom is 0.338 e. The van der Waals surface area contributed by atoms with Crippen molar-refractivity contribution in [3.05, 3.63) is 59.6 Å². The molecule has 0 saturated carbocycles. The van der Waals surface area contributed by atoms with E-state index in [1.54, 1.807) is 4.68 Å². The molecule has 0 radical (unpaired) electrons. The molecule has 6 heteroatoms. The third-order valence-corrected chi connectivity index (χ3v) is 3.51. The van der Waals surface area contributed by atoms with Gasteiger partial charge in [0, 0.05) is 5.70 Å². The molecule has 1 atom stereocenters. The third-order valence-electron chi connectivity index (χ3n) is 3.51. The predicted octanol–water partition coefficient (Wildman–Crippen LogP) is 2.41. The van der Waals surface area contributed by atoms with Crippen LogP contribution in [-0.4, -0.2) is 27.8 Å². The zero-order chi connectivity index (χ0) is 15.5. The number of anilines is 1. The Morgan fingerprint density at radius 2 is 2.14 bits per heavy atom. The Hall–Kier alpha value is -2.89. The molecule has 2 heterocycles. The first-order chi connectivity index (χ1) is 10.7. The lowest BCUT2D eigenvalue weighted by Crippen LogP contribution is -2.27. The fourth-order valence-electron chi connectivity index (χ4n) is 2.45. The molecule has 0 unspecified atom stereocenters. The van der Waals surface area contributed by atoms with E-state index in [1.165, 1.54) is 13.4 Å². The van der Waals surface area contributed by atoms with Crippen molar-refractivity contribution in [2.24, 2.45) is 0 Å². The topological polar surface area (TPSA) is 69.0 Å². The van der Waals surface area contributed by atoms with Crippen LogP contribution in [0.15, 0.2) is 54.0 Å².